The summed E-state index contributed by atoms with van der Waals surface area (Å²) in [6.07, 6.45) is 0. The Bertz CT molecular complexity index is 459. The van der Waals surface area contributed by atoms with Gasteiger partial charge in [0.05, 0.1) is 11.0 Å². The molecular formula is C10H10FN3O3. The van der Waals surface area contributed by atoms with Crippen LogP contribution in [0, 0.1) is 27.3 Å². The number of nitro benzene ring substituents is 1. The largest absolute Gasteiger partial charge is 0.491 e. The fraction of sp³-hybridized carbons (Fsp3) is 0.300. The molecule has 0 spiro atoms. The lowest BCUT2D eigenvalue weighted by Crippen LogP contribution is -2.29. The first kappa shape index (κ1) is 12.9. The van der Waals surface area contributed by atoms with Crippen molar-refractivity contribution in [3.05, 3.63) is 34.1 Å². The van der Waals surface area contributed by atoms with Gasteiger partial charge >= 0.3 is 5.69 Å². The van der Waals surface area contributed by atoms with Crippen LogP contribution in [-0.4, -0.2) is 24.6 Å². The van der Waals surface area contributed by atoms with E-state index in [1.807, 2.05) is 6.07 Å². The number of nitriles is 1. The molecule has 1 N–H and O–H groups in total. The highest BCUT2D eigenvalue weighted by atomic mass is 19.1. The van der Waals surface area contributed by atoms with Crippen LogP contribution in [0.4, 0.5) is 10.1 Å². The summed E-state index contributed by atoms with van der Waals surface area (Å²) in [5.74, 6) is -0.825. The average molecular weight is 239 g/mol. The normalized spacial score (nSPS) is 11.6. The zero-order valence-electron chi connectivity index (χ0n) is 9.01. The highest BCUT2D eigenvalue weighted by molar-refractivity contribution is 5.37. The van der Waals surface area contributed by atoms with Gasteiger partial charge < -0.3 is 10.1 Å². The SMILES string of the molecule is CNC(C#N)COc1ccc([N+](=O)[O-])c(F)c1. The third kappa shape index (κ3) is 3.39. The highest BCUT2D eigenvalue weighted by Gasteiger charge is 2.14. The second-order valence-electron chi connectivity index (χ2n) is 3.15. The van der Waals surface area contributed by atoms with E-state index in [0.717, 1.165) is 12.1 Å². The van der Waals surface area contributed by atoms with Crippen molar-refractivity contribution in [1.29, 1.82) is 5.26 Å². The molecule has 7 heteroatoms. The number of halogens is 1. The molecule has 17 heavy (non-hydrogen) atoms. The molecule has 6 nitrogen and oxygen atoms in total. The van der Waals surface area contributed by atoms with Crippen molar-refractivity contribution < 1.29 is 14.1 Å². The van der Waals surface area contributed by atoms with Gasteiger partial charge in [-0.3, -0.25) is 10.1 Å². The second-order valence-corrected chi connectivity index (χ2v) is 3.15. The van der Waals surface area contributed by atoms with E-state index in [4.69, 9.17) is 10.00 Å². The van der Waals surface area contributed by atoms with Gasteiger partial charge in [-0.1, -0.05) is 0 Å². The zero-order valence-corrected chi connectivity index (χ0v) is 9.01. The molecule has 1 aromatic carbocycles. The van der Waals surface area contributed by atoms with Crippen LogP contribution in [-0.2, 0) is 0 Å². The molecule has 0 radical (unpaired) electrons. The van der Waals surface area contributed by atoms with Crippen molar-refractivity contribution in [3.63, 3.8) is 0 Å². The van der Waals surface area contributed by atoms with Crippen LogP contribution in [0.15, 0.2) is 18.2 Å². The van der Waals surface area contributed by atoms with Crippen molar-refractivity contribution in [3.8, 4) is 11.8 Å². The van der Waals surface area contributed by atoms with Gasteiger partial charge in [-0.25, -0.2) is 0 Å². The number of hydrogen-bond donors (Lipinski definition) is 1. The van der Waals surface area contributed by atoms with Crippen molar-refractivity contribution >= 4 is 5.69 Å². The molecule has 1 atom stereocenters. The standard InChI is InChI=1S/C10H10FN3O3/c1-13-7(5-12)6-17-8-2-3-10(14(15)16)9(11)4-8/h2-4,7,13H,6H2,1H3. The predicted molar refractivity (Wildman–Crippen MR) is 57.0 cm³/mol. The van der Waals surface area contributed by atoms with Crippen LogP contribution < -0.4 is 10.1 Å². The maximum atomic E-state index is 13.2. The quantitative estimate of drug-likeness (QED) is 0.616. The van der Waals surface area contributed by atoms with Gasteiger partial charge in [0.2, 0.25) is 5.82 Å². The van der Waals surface area contributed by atoms with Crippen LogP contribution in [0.5, 0.6) is 5.75 Å². The van der Waals surface area contributed by atoms with E-state index in [0.29, 0.717) is 0 Å². The van der Waals surface area contributed by atoms with E-state index >= 15 is 0 Å². The van der Waals surface area contributed by atoms with Crippen molar-refractivity contribution in [1.82, 2.24) is 5.32 Å². The molecule has 90 valence electrons. The van der Waals surface area contributed by atoms with E-state index in [9.17, 15) is 14.5 Å². The minimum atomic E-state index is -0.967. The first-order valence-electron chi connectivity index (χ1n) is 4.72. The molecular weight excluding hydrogens is 229 g/mol. The van der Waals surface area contributed by atoms with Crippen molar-refractivity contribution in [2.24, 2.45) is 0 Å². The molecule has 1 aromatic rings. The van der Waals surface area contributed by atoms with E-state index in [1.165, 1.54) is 6.07 Å². The predicted octanol–water partition coefficient (Wildman–Crippen LogP) is 1.22. The maximum Gasteiger partial charge on any atom is 0.305 e. The van der Waals surface area contributed by atoms with Gasteiger partial charge in [0.1, 0.15) is 18.4 Å². The molecule has 0 aromatic heterocycles. The van der Waals surface area contributed by atoms with E-state index in [2.05, 4.69) is 5.32 Å². The molecule has 1 rings (SSSR count). The monoisotopic (exact) mass is 239 g/mol. The molecule has 0 saturated carbocycles. The number of benzene rings is 1. The van der Waals surface area contributed by atoms with E-state index in [1.54, 1.807) is 7.05 Å². The molecule has 0 aliphatic carbocycles. The summed E-state index contributed by atoms with van der Waals surface area (Å²) in [5.41, 5.74) is -0.609. The molecule has 0 bridgehead atoms. The minimum Gasteiger partial charge on any atom is -0.491 e. The van der Waals surface area contributed by atoms with Crippen molar-refractivity contribution in [2.75, 3.05) is 13.7 Å². The number of nitro groups is 1. The molecule has 0 heterocycles. The molecule has 0 amide bonds. The smallest absolute Gasteiger partial charge is 0.305 e. The summed E-state index contributed by atoms with van der Waals surface area (Å²) in [4.78, 5) is 9.55. The first-order chi connectivity index (χ1) is 8.08. The fourth-order valence-corrected chi connectivity index (χ4v) is 1.09. The summed E-state index contributed by atoms with van der Waals surface area (Å²) in [6.45, 7) is 0.0320. The summed E-state index contributed by atoms with van der Waals surface area (Å²) < 4.78 is 18.3. The summed E-state index contributed by atoms with van der Waals surface area (Å²) >= 11 is 0. The third-order valence-corrected chi connectivity index (χ3v) is 2.04. The van der Waals surface area contributed by atoms with Gasteiger partial charge in [-0.05, 0) is 13.1 Å². The zero-order chi connectivity index (χ0) is 12.8. The molecule has 0 aliphatic heterocycles. The lowest BCUT2D eigenvalue weighted by atomic mass is 10.3. The maximum absolute atomic E-state index is 13.2. The number of ether oxygens (including phenoxy) is 1. The van der Waals surface area contributed by atoms with Crippen LogP contribution in [0.2, 0.25) is 0 Å². The number of nitrogens with zero attached hydrogens (tertiary/aromatic N) is 2. The van der Waals surface area contributed by atoms with E-state index < -0.39 is 22.5 Å². The Hall–Kier alpha value is -2.20. The van der Waals surface area contributed by atoms with Gasteiger partial charge in [0.25, 0.3) is 0 Å². The molecule has 0 saturated heterocycles. The molecule has 0 aliphatic rings. The summed E-state index contributed by atoms with van der Waals surface area (Å²) in [6, 6.07) is 4.63. The highest BCUT2D eigenvalue weighted by Crippen LogP contribution is 2.22. The Labute approximate surface area is 96.8 Å². The third-order valence-electron chi connectivity index (χ3n) is 2.04. The first-order valence-corrected chi connectivity index (χ1v) is 4.72. The Balaban J connectivity index is 2.72. The number of hydrogen-bond acceptors (Lipinski definition) is 5. The Morgan fingerprint density at radius 1 is 1.71 bits per heavy atom. The van der Waals surface area contributed by atoms with E-state index in [-0.39, 0.29) is 12.4 Å². The Kier molecular flexibility index (Phi) is 4.37. The minimum absolute atomic E-state index is 0.0320. The van der Waals surface area contributed by atoms with Gasteiger partial charge in [0, 0.05) is 12.1 Å². The number of nitrogens with one attached hydrogen (secondary N) is 1. The van der Waals surface area contributed by atoms with Crippen LogP contribution in [0.25, 0.3) is 0 Å². The number of likely N-dealkylation sites (N-methyl/N-ethyl adjacent to an activating group) is 1. The van der Waals surface area contributed by atoms with Crippen LogP contribution in [0.3, 0.4) is 0 Å². The lowest BCUT2D eigenvalue weighted by Gasteiger charge is -2.09. The van der Waals surface area contributed by atoms with Gasteiger partial charge in [-0.15, -0.1) is 0 Å². The van der Waals surface area contributed by atoms with Crippen LogP contribution in [0.1, 0.15) is 0 Å². The molecule has 1 unspecified atom stereocenters. The van der Waals surface area contributed by atoms with Crippen LogP contribution >= 0.6 is 0 Å². The Morgan fingerprint density at radius 3 is 2.88 bits per heavy atom. The second kappa shape index (κ2) is 5.77. The lowest BCUT2D eigenvalue weighted by molar-refractivity contribution is -0.387. The van der Waals surface area contributed by atoms with Gasteiger partial charge in [-0.2, -0.15) is 9.65 Å². The number of rotatable bonds is 5. The van der Waals surface area contributed by atoms with Gasteiger partial charge in [0.15, 0.2) is 0 Å². The average Bonchev–Trinajstić information content (AvgIpc) is 2.30. The van der Waals surface area contributed by atoms with Crippen molar-refractivity contribution in [2.45, 2.75) is 6.04 Å². The fourth-order valence-electron chi connectivity index (χ4n) is 1.09. The molecule has 0 fully saturated rings. The summed E-state index contributed by atoms with van der Waals surface area (Å²) in [7, 11) is 1.59. The topological polar surface area (TPSA) is 88.2 Å². The Morgan fingerprint density at radius 2 is 2.41 bits per heavy atom. The summed E-state index contributed by atoms with van der Waals surface area (Å²) in [5, 5.41) is 21.7.